The maximum atomic E-state index is 13.1. The molecule has 4 aliphatic carbocycles. The summed E-state index contributed by atoms with van der Waals surface area (Å²) >= 11 is 0. The fourth-order valence-corrected chi connectivity index (χ4v) is 6.81. The van der Waals surface area contributed by atoms with Crippen LogP contribution in [0.5, 0.6) is 11.5 Å². The molecule has 0 radical (unpaired) electrons. The van der Waals surface area contributed by atoms with E-state index in [9.17, 15) is 9.59 Å². The van der Waals surface area contributed by atoms with Crippen LogP contribution in [0.1, 0.15) is 44.9 Å². The SMILES string of the molecule is O=C(NC12CC3CC(CC(C3)C1)C2)C1CC(=O)N(c2ccc3c(c2)OCO3)C1. The number of ether oxygens (including phenoxy) is 2. The minimum atomic E-state index is -0.272. The molecule has 1 saturated heterocycles. The van der Waals surface area contributed by atoms with Crippen molar-refractivity contribution in [1.29, 1.82) is 0 Å². The summed E-state index contributed by atoms with van der Waals surface area (Å²) in [6.45, 7) is 0.652. The third kappa shape index (κ3) is 2.60. The van der Waals surface area contributed by atoms with Crippen LogP contribution < -0.4 is 19.7 Å². The average molecular weight is 382 g/mol. The highest BCUT2D eigenvalue weighted by atomic mass is 16.7. The van der Waals surface area contributed by atoms with Crippen molar-refractivity contribution in [1.82, 2.24) is 5.32 Å². The van der Waals surface area contributed by atoms with E-state index in [2.05, 4.69) is 5.32 Å². The molecule has 2 amide bonds. The summed E-state index contributed by atoms with van der Waals surface area (Å²) in [6, 6.07) is 5.53. The molecule has 1 unspecified atom stereocenters. The number of carbonyl (C=O) groups excluding carboxylic acids is 2. The summed E-state index contributed by atoms with van der Waals surface area (Å²) in [4.78, 5) is 27.4. The van der Waals surface area contributed by atoms with E-state index in [4.69, 9.17) is 9.47 Å². The Bertz CT molecular complexity index is 816. The van der Waals surface area contributed by atoms with Gasteiger partial charge < -0.3 is 19.7 Å². The van der Waals surface area contributed by atoms with Crippen LogP contribution in [-0.4, -0.2) is 30.7 Å². The van der Waals surface area contributed by atoms with Gasteiger partial charge in [0.1, 0.15) is 0 Å². The lowest BCUT2D eigenvalue weighted by molar-refractivity contribution is -0.131. The molecule has 1 aromatic carbocycles. The molecule has 4 bridgehead atoms. The summed E-state index contributed by atoms with van der Waals surface area (Å²) in [5.74, 6) is 3.54. The molecule has 7 rings (SSSR count). The van der Waals surface area contributed by atoms with Gasteiger partial charge in [-0.2, -0.15) is 0 Å². The predicted molar refractivity (Wildman–Crippen MR) is 102 cm³/mol. The Morgan fingerprint density at radius 1 is 1.04 bits per heavy atom. The minimum Gasteiger partial charge on any atom is -0.454 e. The molecule has 2 aliphatic heterocycles. The maximum Gasteiger partial charge on any atom is 0.231 e. The first kappa shape index (κ1) is 16.7. The number of rotatable bonds is 3. The molecule has 28 heavy (non-hydrogen) atoms. The molecule has 1 N–H and O–H groups in total. The Morgan fingerprint density at radius 2 is 1.71 bits per heavy atom. The van der Waals surface area contributed by atoms with E-state index in [0.717, 1.165) is 42.7 Å². The Labute approximate surface area is 164 Å². The van der Waals surface area contributed by atoms with E-state index in [0.29, 0.717) is 18.0 Å². The normalized spacial score (nSPS) is 37.6. The fraction of sp³-hybridized carbons (Fsp3) is 0.636. The summed E-state index contributed by atoms with van der Waals surface area (Å²) in [6.07, 6.45) is 7.76. The topological polar surface area (TPSA) is 67.9 Å². The standard InChI is InChI=1S/C22H26N2O4/c25-20-6-16(11-24(20)17-1-2-18-19(7-17)28-12-27-18)21(26)23-22-8-13-3-14(9-22)5-15(4-13)10-22/h1-2,7,13-16H,3-6,8-12H2,(H,23,26). The number of benzene rings is 1. The van der Waals surface area contributed by atoms with Gasteiger partial charge in [0.25, 0.3) is 0 Å². The Kier molecular flexibility index (Phi) is 3.50. The first-order chi connectivity index (χ1) is 13.6. The number of hydrogen-bond donors (Lipinski definition) is 1. The molecular formula is C22H26N2O4. The van der Waals surface area contributed by atoms with Crippen molar-refractivity contribution in [3.05, 3.63) is 18.2 Å². The highest BCUT2D eigenvalue weighted by Gasteiger charge is 2.52. The highest BCUT2D eigenvalue weighted by molar-refractivity contribution is 6.00. The van der Waals surface area contributed by atoms with E-state index in [1.807, 2.05) is 18.2 Å². The number of nitrogens with zero attached hydrogens (tertiary/aromatic N) is 1. The lowest BCUT2D eigenvalue weighted by atomic mass is 9.53. The Hall–Kier alpha value is -2.24. The van der Waals surface area contributed by atoms with Crippen molar-refractivity contribution >= 4 is 17.5 Å². The van der Waals surface area contributed by atoms with Crippen molar-refractivity contribution in [3.63, 3.8) is 0 Å². The van der Waals surface area contributed by atoms with Crippen LogP contribution in [0.4, 0.5) is 5.69 Å². The second kappa shape index (κ2) is 5.88. The summed E-state index contributed by atoms with van der Waals surface area (Å²) in [5, 5.41) is 3.44. The summed E-state index contributed by atoms with van der Waals surface area (Å²) < 4.78 is 10.8. The zero-order valence-electron chi connectivity index (χ0n) is 16.0. The van der Waals surface area contributed by atoms with Gasteiger partial charge in [0.05, 0.1) is 5.92 Å². The zero-order chi connectivity index (χ0) is 18.9. The summed E-state index contributed by atoms with van der Waals surface area (Å²) in [7, 11) is 0. The van der Waals surface area contributed by atoms with Crippen LogP contribution in [0, 0.1) is 23.7 Å². The van der Waals surface area contributed by atoms with Gasteiger partial charge in [0, 0.05) is 30.3 Å². The van der Waals surface area contributed by atoms with Crippen LogP contribution in [-0.2, 0) is 9.59 Å². The molecule has 1 aromatic rings. The van der Waals surface area contributed by atoms with E-state index >= 15 is 0 Å². The van der Waals surface area contributed by atoms with Gasteiger partial charge in [-0.05, 0) is 68.4 Å². The number of nitrogens with one attached hydrogen (secondary N) is 1. The molecule has 2 heterocycles. The van der Waals surface area contributed by atoms with Crippen molar-refractivity contribution < 1.29 is 19.1 Å². The number of hydrogen-bond acceptors (Lipinski definition) is 4. The van der Waals surface area contributed by atoms with Gasteiger partial charge in [-0.25, -0.2) is 0 Å². The lowest BCUT2D eigenvalue weighted by Gasteiger charge is -2.57. The smallest absolute Gasteiger partial charge is 0.231 e. The van der Waals surface area contributed by atoms with E-state index < -0.39 is 0 Å². The van der Waals surface area contributed by atoms with Gasteiger partial charge in [0.15, 0.2) is 11.5 Å². The largest absolute Gasteiger partial charge is 0.454 e. The third-order valence-corrected chi connectivity index (χ3v) is 7.59. The first-order valence-electron chi connectivity index (χ1n) is 10.6. The van der Waals surface area contributed by atoms with Crippen molar-refractivity contribution in [2.24, 2.45) is 23.7 Å². The number of fused-ring (bicyclic) bond motifs is 1. The average Bonchev–Trinajstić information content (AvgIpc) is 3.25. The molecule has 6 aliphatic rings. The van der Waals surface area contributed by atoms with Crippen molar-refractivity contribution in [2.45, 2.75) is 50.5 Å². The zero-order valence-corrected chi connectivity index (χ0v) is 16.0. The first-order valence-corrected chi connectivity index (χ1v) is 10.6. The number of carbonyl (C=O) groups is 2. The van der Waals surface area contributed by atoms with E-state index in [1.54, 1.807) is 4.90 Å². The van der Waals surface area contributed by atoms with Gasteiger partial charge in [-0.1, -0.05) is 0 Å². The molecule has 0 spiro atoms. The molecule has 5 fully saturated rings. The molecule has 4 saturated carbocycles. The van der Waals surface area contributed by atoms with Crippen LogP contribution in [0.25, 0.3) is 0 Å². The molecular weight excluding hydrogens is 356 g/mol. The van der Waals surface area contributed by atoms with Gasteiger partial charge in [-0.15, -0.1) is 0 Å². The second-order valence-corrected chi connectivity index (χ2v) is 9.63. The minimum absolute atomic E-state index is 0.00104. The van der Waals surface area contributed by atoms with Gasteiger partial charge in [0.2, 0.25) is 18.6 Å². The van der Waals surface area contributed by atoms with Crippen molar-refractivity contribution in [3.8, 4) is 11.5 Å². The predicted octanol–water partition coefficient (Wildman–Crippen LogP) is 2.85. The fourth-order valence-electron chi connectivity index (χ4n) is 6.81. The van der Waals surface area contributed by atoms with Crippen LogP contribution in [0.3, 0.4) is 0 Å². The summed E-state index contributed by atoms with van der Waals surface area (Å²) in [5.41, 5.74) is 0.778. The molecule has 1 atom stereocenters. The van der Waals surface area contributed by atoms with Crippen LogP contribution in [0.2, 0.25) is 0 Å². The molecule has 6 nitrogen and oxygen atoms in total. The Morgan fingerprint density at radius 3 is 2.43 bits per heavy atom. The second-order valence-electron chi connectivity index (χ2n) is 9.63. The van der Waals surface area contributed by atoms with Crippen LogP contribution in [0.15, 0.2) is 18.2 Å². The molecule has 0 aromatic heterocycles. The number of anilines is 1. The van der Waals surface area contributed by atoms with Gasteiger partial charge in [-0.3, -0.25) is 9.59 Å². The Balaban J connectivity index is 1.17. The lowest BCUT2D eigenvalue weighted by Crippen LogP contribution is -2.60. The van der Waals surface area contributed by atoms with Gasteiger partial charge >= 0.3 is 0 Å². The maximum absolute atomic E-state index is 13.1. The number of amides is 2. The van der Waals surface area contributed by atoms with E-state index in [1.165, 1.54) is 19.3 Å². The van der Waals surface area contributed by atoms with E-state index in [-0.39, 0.29) is 36.5 Å². The molecule has 6 heteroatoms. The highest BCUT2D eigenvalue weighted by Crippen LogP contribution is 2.55. The quantitative estimate of drug-likeness (QED) is 0.873. The monoisotopic (exact) mass is 382 g/mol. The molecule has 148 valence electrons. The third-order valence-electron chi connectivity index (χ3n) is 7.59. The van der Waals surface area contributed by atoms with Crippen LogP contribution >= 0.6 is 0 Å². The van der Waals surface area contributed by atoms with Crippen molar-refractivity contribution in [2.75, 3.05) is 18.2 Å².